The van der Waals surface area contributed by atoms with Crippen molar-refractivity contribution in [1.82, 2.24) is 15.0 Å². The number of halogens is 2. The molecule has 2 rings (SSSR count). The Hall–Kier alpha value is -0.730. The molecule has 7 heteroatoms. The maximum absolute atomic E-state index is 6.00. The third-order valence-corrected chi connectivity index (χ3v) is 3.41. The second kappa shape index (κ2) is 5.94. The summed E-state index contributed by atoms with van der Waals surface area (Å²) >= 11 is 8.18. The maximum Gasteiger partial charge on any atom is 0.223 e. The summed E-state index contributed by atoms with van der Waals surface area (Å²) in [6.45, 7) is 2.59. The van der Waals surface area contributed by atoms with Gasteiger partial charge in [0.15, 0.2) is 0 Å². The number of nitrogens with one attached hydrogen (secondary N) is 1. The number of ether oxygens (including phenoxy) is 1. The Morgan fingerprint density at radius 3 is 2.94 bits per heavy atom. The lowest BCUT2D eigenvalue weighted by molar-refractivity contribution is 0.190. The van der Waals surface area contributed by atoms with Gasteiger partial charge in [0.1, 0.15) is 5.15 Å². The van der Waals surface area contributed by atoms with Crippen LogP contribution in [0.5, 0.6) is 0 Å². The molecule has 18 heavy (non-hydrogen) atoms. The number of hydrogen-bond donors (Lipinski definition) is 1. The molecule has 0 aliphatic rings. The minimum Gasteiger partial charge on any atom is -0.383 e. The van der Waals surface area contributed by atoms with Crippen LogP contribution in [0.15, 0.2) is 12.4 Å². The van der Waals surface area contributed by atoms with Gasteiger partial charge in [0.25, 0.3) is 0 Å². The van der Waals surface area contributed by atoms with Crippen molar-refractivity contribution in [2.75, 3.05) is 19.0 Å². The molecule has 2 aromatic rings. The first-order valence-corrected chi connectivity index (χ1v) is 6.79. The molecule has 5 nitrogen and oxygen atoms in total. The van der Waals surface area contributed by atoms with Crippen molar-refractivity contribution in [2.45, 2.75) is 13.0 Å². The van der Waals surface area contributed by atoms with E-state index in [1.54, 1.807) is 19.5 Å². The molecule has 0 bridgehead atoms. The van der Waals surface area contributed by atoms with E-state index in [4.69, 9.17) is 16.3 Å². The Morgan fingerprint density at radius 2 is 2.22 bits per heavy atom. The van der Waals surface area contributed by atoms with Crippen molar-refractivity contribution < 1.29 is 4.74 Å². The van der Waals surface area contributed by atoms with Crippen molar-refractivity contribution in [1.29, 1.82) is 0 Å². The van der Waals surface area contributed by atoms with Crippen LogP contribution in [0, 0.1) is 3.57 Å². The van der Waals surface area contributed by atoms with Crippen LogP contribution in [0.3, 0.4) is 0 Å². The number of rotatable bonds is 4. The number of pyridine rings is 1. The first-order chi connectivity index (χ1) is 8.61. The zero-order chi connectivity index (χ0) is 13.1. The second-order valence-corrected chi connectivity index (χ2v) is 5.37. The highest BCUT2D eigenvalue weighted by Crippen LogP contribution is 2.24. The van der Waals surface area contributed by atoms with Gasteiger partial charge in [-0.3, -0.25) is 0 Å². The molecule has 0 radical (unpaired) electrons. The first-order valence-electron chi connectivity index (χ1n) is 5.34. The minimum absolute atomic E-state index is 0.141. The van der Waals surface area contributed by atoms with Gasteiger partial charge >= 0.3 is 0 Å². The van der Waals surface area contributed by atoms with E-state index >= 15 is 0 Å². The molecule has 1 N–H and O–H groups in total. The predicted molar refractivity (Wildman–Crippen MR) is 80.0 cm³/mol. The number of anilines is 1. The molecule has 0 unspecified atom stereocenters. The summed E-state index contributed by atoms with van der Waals surface area (Å²) < 4.78 is 6.00. The van der Waals surface area contributed by atoms with E-state index in [1.807, 2.05) is 6.92 Å². The quantitative estimate of drug-likeness (QED) is 0.655. The predicted octanol–water partition coefficient (Wildman–Crippen LogP) is 2.73. The molecule has 2 heterocycles. The first kappa shape index (κ1) is 13.7. The molecule has 0 saturated carbocycles. The Kier molecular flexibility index (Phi) is 4.52. The summed E-state index contributed by atoms with van der Waals surface area (Å²) in [5.41, 5.74) is 0.803. The lowest BCUT2D eigenvalue weighted by atomic mass is 10.3. The molecule has 0 fully saturated rings. The maximum atomic E-state index is 6.00. The highest BCUT2D eigenvalue weighted by molar-refractivity contribution is 14.1. The fourth-order valence-corrected chi connectivity index (χ4v) is 2.28. The van der Waals surface area contributed by atoms with E-state index in [0.29, 0.717) is 17.7 Å². The summed E-state index contributed by atoms with van der Waals surface area (Å²) in [5.74, 6) is 0.562. The van der Waals surface area contributed by atoms with Crippen molar-refractivity contribution in [3.05, 3.63) is 21.1 Å². The largest absolute Gasteiger partial charge is 0.383 e. The van der Waals surface area contributed by atoms with E-state index in [0.717, 1.165) is 14.5 Å². The van der Waals surface area contributed by atoms with Gasteiger partial charge in [-0.1, -0.05) is 11.6 Å². The Labute approximate surface area is 123 Å². The number of aromatic nitrogens is 3. The van der Waals surface area contributed by atoms with E-state index in [9.17, 15) is 0 Å². The number of methoxy groups -OCH3 is 1. The SMILES string of the molecule is COC[C@H](C)Nc1ncc2c(Cl)ncc(I)c2n1. The Balaban J connectivity index is 2.35. The van der Waals surface area contributed by atoms with Gasteiger partial charge in [-0.2, -0.15) is 0 Å². The van der Waals surface area contributed by atoms with Crippen LogP contribution < -0.4 is 5.32 Å². The third-order valence-electron chi connectivity index (χ3n) is 2.32. The lowest BCUT2D eigenvalue weighted by Crippen LogP contribution is -2.22. The van der Waals surface area contributed by atoms with Crippen LogP contribution >= 0.6 is 34.2 Å². The lowest BCUT2D eigenvalue weighted by Gasteiger charge is -2.13. The van der Waals surface area contributed by atoms with Crippen molar-refractivity contribution >= 4 is 51.0 Å². The van der Waals surface area contributed by atoms with Gasteiger partial charge in [0.2, 0.25) is 5.95 Å². The van der Waals surface area contributed by atoms with Crippen molar-refractivity contribution in [2.24, 2.45) is 0 Å². The average molecular weight is 379 g/mol. The highest BCUT2D eigenvalue weighted by Gasteiger charge is 2.09. The summed E-state index contributed by atoms with van der Waals surface area (Å²) in [6.07, 6.45) is 3.38. The van der Waals surface area contributed by atoms with E-state index in [-0.39, 0.29) is 6.04 Å². The molecule has 0 saturated heterocycles. The molecule has 0 aliphatic carbocycles. The van der Waals surface area contributed by atoms with Crippen LogP contribution in [-0.4, -0.2) is 34.7 Å². The second-order valence-electron chi connectivity index (χ2n) is 3.85. The van der Waals surface area contributed by atoms with Gasteiger partial charge in [-0.05, 0) is 29.5 Å². The summed E-state index contributed by atoms with van der Waals surface area (Å²) in [4.78, 5) is 12.7. The normalized spacial score (nSPS) is 12.7. The zero-order valence-corrected chi connectivity index (χ0v) is 12.9. The van der Waals surface area contributed by atoms with Crippen LogP contribution in [0.25, 0.3) is 10.9 Å². The summed E-state index contributed by atoms with van der Waals surface area (Å²) in [5, 5.41) is 4.34. The molecule has 0 spiro atoms. The molecule has 0 aromatic carbocycles. The van der Waals surface area contributed by atoms with E-state index in [1.165, 1.54) is 0 Å². The standard InChI is InChI=1S/C11H12ClIN4O/c1-6(5-18-2)16-11-15-3-7-9(17-11)8(13)4-14-10(7)12/h3-4,6H,5H2,1-2H3,(H,15,16,17)/t6-/m0/s1. The molecule has 2 aromatic heterocycles. The summed E-state index contributed by atoms with van der Waals surface area (Å²) in [6, 6.07) is 0.141. The zero-order valence-electron chi connectivity index (χ0n) is 9.94. The molecular weight excluding hydrogens is 367 g/mol. The van der Waals surface area contributed by atoms with Crippen molar-refractivity contribution in [3.63, 3.8) is 0 Å². The van der Waals surface area contributed by atoms with Crippen LogP contribution in [-0.2, 0) is 4.74 Å². The van der Waals surface area contributed by atoms with Crippen LogP contribution in [0.4, 0.5) is 5.95 Å². The van der Waals surface area contributed by atoms with Crippen LogP contribution in [0.1, 0.15) is 6.92 Å². The Bertz CT molecular complexity index is 566. The molecule has 0 aliphatic heterocycles. The van der Waals surface area contributed by atoms with Crippen molar-refractivity contribution in [3.8, 4) is 0 Å². The molecule has 96 valence electrons. The Morgan fingerprint density at radius 1 is 1.44 bits per heavy atom. The fourth-order valence-electron chi connectivity index (χ4n) is 1.54. The van der Waals surface area contributed by atoms with E-state index in [2.05, 4.69) is 42.9 Å². The third kappa shape index (κ3) is 2.99. The molecular formula is C11H12ClIN4O. The number of nitrogens with zero attached hydrogens (tertiary/aromatic N) is 3. The topological polar surface area (TPSA) is 59.9 Å². The molecule has 1 atom stereocenters. The van der Waals surface area contributed by atoms with Gasteiger partial charge in [-0.15, -0.1) is 0 Å². The monoisotopic (exact) mass is 378 g/mol. The smallest absolute Gasteiger partial charge is 0.223 e. The van der Waals surface area contributed by atoms with Gasteiger partial charge in [0, 0.05) is 25.5 Å². The number of fused-ring (bicyclic) bond motifs is 1. The van der Waals surface area contributed by atoms with E-state index < -0.39 is 0 Å². The molecule has 0 amide bonds. The van der Waals surface area contributed by atoms with Gasteiger partial charge in [0.05, 0.1) is 21.1 Å². The fraction of sp³-hybridized carbons (Fsp3) is 0.364. The average Bonchev–Trinajstić information content (AvgIpc) is 2.34. The summed E-state index contributed by atoms with van der Waals surface area (Å²) in [7, 11) is 1.66. The number of hydrogen-bond acceptors (Lipinski definition) is 5. The van der Waals surface area contributed by atoms with Gasteiger partial charge < -0.3 is 10.1 Å². The minimum atomic E-state index is 0.141. The van der Waals surface area contributed by atoms with Gasteiger partial charge in [-0.25, -0.2) is 15.0 Å². The highest BCUT2D eigenvalue weighted by atomic mass is 127. The van der Waals surface area contributed by atoms with Crippen LogP contribution in [0.2, 0.25) is 5.15 Å².